The van der Waals surface area contributed by atoms with E-state index in [1.165, 1.54) is 19.3 Å². The average Bonchev–Trinajstić information content (AvgIpc) is 2.91. The summed E-state index contributed by atoms with van der Waals surface area (Å²) in [5, 5.41) is 3.50. The highest BCUT2D eigenvalue weighted by atomic mass is 16.5. The third-order valence-corrected chi connectivity index (χ3v) is 3.22. The van der Waals surface area contributed by atoms with Crippen LogP contribution in [-0.4, -0.2) is 18.2 Å². The van der Waals surface area contributed by atoms with Gasteiger partial charge in [-0.2, -0.15) is 0 Å². The van der Waals surface area contributed by atoms with Crippen molar-refractivity contribution in [3.8, 4) is 0 Å². The molecule has 1 aromatic rings. The summed E-state index contributed by atoms with van der Waals surface area (Å²) in [6, 6.07) is 4.47. The highest BCUT2D eigenvalue weighted by Crippen LogP contribution is 2.34. The molecule has 2 aliphatic heterocycles. The van der Waals surface area contributed by atoms with Crippen LogP contribution in [0.4, 0.5) is 0 Å². The van der Waals surface area contributed by atoms with Crippen LogP contribution in [0.3, 0.4) is 0 Å². The standard InChI is InChI=1S/C11H15NO2/c1-2-9(13-5-1)7-12-10-6-8-3-4-11(10)14-8/h1-2,5,8,10-12H,3-4,6-7H2. The zero-order valence-electron chi connectivity index (χ0n) is 8.11. The topological polar surface area (TPSA) is 34.4 Å². The predicted molar refractivity (Wildman–Crippen MR) is 51.8 cm³/mol. The molecular weight excluding hydrogens is 178 g/mol. The maximum Gasteiger partial charge on any atom is 0.117 e. The molecule has 2 saturated heterocycles. The molecule has 3 unspecified atom stereocenters. The van der Waals surface area contributed by atoms with Gasteiger partial charge in [0.2, 0.25) is 0 Å². The Labute approximate surface area is 83.4 Å². The Kier molecular flexibility index (Phi) is 2.07. The van der Waals surface area contributed by atoms with E-state index in [1.54, 1.807) is 6.26 Å². The van der Waals surface area contributed by atoms with Crippen molar-refractivity contribution in [1.29, 1.82) is 0 Å². The highest BCUT2D eigenvalue weighted by Gasteiger charge is 2.40. The molecule has 3 heterocycles. The van der Waals surface area contributed by atoms with Crippen LogP contribution in [0, 0.1) is 0 Å². The second-order valence-electron chi connectivity index (χ2n) is 4.18. The van der Waals surface area contributed by atoms with Crippen LogP contribution in [0.25, 0.3) is 0 Å². The summed E-state index contributed by atoms with van der Waals surface area (Å²) in [5.41, 5.74) is 0. The molecule has 14 heavy (non-hydrogen) atoms. The van der Waals surface area contributed by atoms with E-state index in [1.807, 2.05) is 12.1 Å². The fourth-order valence-electron chi connectivity index (χ4n) is 2.50. The van der Waals surface area contributed by atoms with E-state index in [9.17, 15) is 0 Å². The number of nitrogens with one attached hydrogen (secondary N) is 1. The third-order valence-electron chi connectivity index (χ3n) is 3.22. The molecule has 3 nitrogen and oxygen atoms in total. The van der Waals surface area contributed by atoms with E-state index in [0.717, 1.165) is 12.3 Å². The lowest BCUT2D eigenvalue weighted by molar-refractivity contribution is 0.0970. The lowest BCUT2D eigenvalue weighted by Gasteiger charge is -2.19. The van der Waals surface area contributed by atoms with Crippen molar-refractivity contribution in [3.63, 3.8) is 0 Å². The number of ether oxygens (including phenoxy) is 1. The summed E-state index contributed by atoms with van der Waals surface area (Å²) in [4.78, 5) is 0. The van der Waals surface area contributed by atoms with Crippen molar-refractivity contribution in [3.05, 3.63) is 24.2 Å². The van der Waals surface area contributed by atoms with Crippen molar-refractivity contribution in [1.82, 2.24) is 5.32 Å². The van der Waals surface area contributed by atoms with Crippen molar-refractivity contribution in [2.75, 3.05) is 0 Å². The van der Waals surface area contributed by atoms with Gasteiger partial charge in [-0.15, -0.1) is 0 Å². The van der Waals surface area contributed by atoms with Crippen LogP contribution in [-0.2, 0) is 11.3 Å². The van der Waals surface area contributed by atoms with Gasteiger partial charge in [0.25, 0.3) is 0 Å². The molecule has 1 N–H and O–H groups in total. The van der Waals surface area contributed by atoms with E-state index in [4.69, 9.17) is 9.15 Å². The van der Waals surface area contributed by atoms with Crippen LogP contribution in [0.1, 0.15) is 25.0 Å². The number of furan rings is 1. The van der Waals surface area contributed by atoms with Gasteiger partial charge in [0, 0.05) is 6.04 Å². The lowest BCUT2D eigenvalue weighted by atomic mass is 9.95. The number of hydrogen-bond donors (Lipinski definition) is 1. The number of fused-ring (bicyclic) bond motifs is 2. The SMILES string of the molecule is c1coc(CNC2CC3CCC2O3)c1. The lowest BCUT2D eigenvalue weighted by Crippen LogP contribution is -2.36. The second-order valence-corrected chi connectivity index (χ2v) is 4.18. The van der Waals surface area contributed by atoms with Crippen LogP contribution in [0.5, 0.6) is 0 Å². The summed E-state index contributed by atoms with van der Waals surface area (Å²) in [5.74, 6) is 1.01. The van der Waals surface area contributed by atoms with Crippen molar-refractivity contribution >= 4 is 0 Å². The van der Waals surface area contributed by atoms with Gasteiger partial charge in [-0.1, -0.05) is 0 Å². The zero-order chi connectivity index (χ0) is 9.38. The maximum absolute atomic E-state index is 5.76. The molecule has 0 radical (unpaired) electrons. The molecule has 76 valence electrons. The van der Waals surface area contributed by atoms with E-state index in [0.29, 0.717) is 18.2 Å². The Bertz CT molecular complexity index is 296. The van der Waals surface area contributed by atoms with E-state index < -0.39 is 0 Å². The molecule has 3 heteroatoms. The van der Waals surface area contributed by atoms with Gasteiger partial charge in [0.05, 0.1) is 25.0 Å². The Morgan fingerprint density at radius 3 is 3.07 bits per heavy atom. The Morgan fingerprint density at radius 1 is 1.43 bits per heavy atom. The Morgan fingerprint density at radius 2 is 2.43 bits per heavy atom. The molecule has 0 aliphatic carbocycles. The predicted octanol–water partition coefficient (Wildman–Crippen LogP) is 1.69. The first kappa shape index (κ1) is 8.50. The third kappa shape index (κ3) is 1.47. The van der Waals surface area contributed by atoms with Gasteiger partial charge in [-0.3, -0.25) is 0 Å². The Balaban J connectivity index is 1.54. The van der Waals surface area contributed by atoms with Crippen molar-refractivity contribution < 1.29 is 9.15 Å². The largest absolute Gasteiger partial charge is 0.468 e. The molecule has 2 aliphatic rings. The minimum absolute atomic E-state index is 0.454. The van der Waals surface area contributed by atoms with Gasteiger partial charge in [-0.05, 0) is 31.4 Å². The monoisotopic (exact) mass is 193 g/mol. The molecule has 0 saturated carbocycles. The minimum Gasteiger partial charge on any atom is -0.468 e. The number of rotatable bonds is 3. The van der Waals surface area contributed by atoms with Crippen molar-refractivity contribution in [2.45, 2.75) is 44.1 Å². The molecule has 3 rings (SSSR count). The summed E-state index contributed by atoms with van der Waals surface area (Å²) < 4.78 is 11.0. The molecule has 3 atom stereocenters. The van der Waals surface area contributed by atoms with Crippen LogP contribution < -0.4 is 5.32 Å². The minimum atomic E-state index is 0.454. The van der Waals surface area contributed by atoms with Gasteiger partial charge < -0.3 is 14.5 Å². The first-order chi connectivity index (χ1) is 6.92. The zero-order valence-corrected chi connectivity index (χ0v) is 8.11. The molecule has 0 amide bonds. The molecule has 0 spiro atoms. The maximum atomic E-state index is 5.76. The van der Waals surface area contributed by atoms with E-state index in [-0.39, 0.29) is 0 Å². The van der Waals surface area contributed by atoms with Gasteiger partial charge >= 0.3 is 0 Å². The first-order valence-electron chi connectivity index (χ1n) is 5.33. The fourth-order valence-corrected chi connectivity index (χ4v) is 2.50. The summed E-state index contributed by atoms with van der Waals surface area (Å²) in [6.45, 7) is 0.824. The first-order valence-corrected chi connectivity index (χ1v) is 5.33. The van der Waals surface area contributed by atoms with Gasteiger partial charge in [0.1, 0.15) is 5.76 Å². The quantitative estimate of drug-likeness (QED) is 0.793. The van der Waals surface area contributed by atoms with Crippen molar-refractivity contribution in [2.24, 2.45) is 0 Å². The normalized spacial score (nSPS) is 35.3. The molecule has 1 aromatic heterocycles. The number of hydrogen-bond acceptors (Lipinski definition) is 3. The van der Waals surface area contributed by atoms with Crippen LogP contribution in [0.2, 0.25) is 0 Å². The smallest absolute Gasteiger partial charge is 0.117 e. The van der Waals surface area contributed by atoms with Gasteiger partial charge in [-0.25, -0.2) is 0 Å². The molecule has 2 fully saturated rings. The van der Waals surface area contributed by atoms with E-state index in [2.05, 4.69) is 5.32 Å². The van der Waals surface area contributed by atoms with Crippen LogP contribution in [0.15, 0.2) is 22.8 Å². The summed E-state index contributed by atoms with van der Waals surface area (Å²) in [6.07, 6.45) is 6.34. The fraction of sp³-hybridized carbons (Fsp3) is 0.636. The highest BCUT2D eigenvalue weighted by molar-refractivity contribution is 5.00. The summed E-state index contributed by atoms with van der Waals surface area (Å²) in [7, 11) is 0. The average molecular weight is 193 g/mol. The van der Waals surface area contributed by atoms with Crippen LogP contribution >= 0.6 is 0 Å². The molecule has 0 aromatic carbocycles. The second kappa shape index (κ2) is 3.41. The van der Waals surface area contributed by atoms with E-state index >= 15 is 0 Å². The Hall–Kier alpha value is -0.800. The molecular formula is C11H15NO2. The summed E-state index contributed by atoms with van der Waals surface area (Å²) >= 11 is 0. The van der Waals surface area contributed by atoms with Gasteiger partial charge in [0.15, 0.2) is 0 Å². The molecule has 2 bridgehead atoms.